The smallest absolute Gasteiger partial charge is 0.303 e. The van der Waals surface area contributed by atoms with Crippen LogP contribution in [0.5, 0.6) is 0 Å². The van der Waals surface area contributed by atoms with Crippen LogP contribution in [0.1, 0.15) is 22.8 Å². The summed E-state index contributed by atoms with van der Waals surface area (Å²) in [6.07, 6.45) is -2.06. The Balaban J connectivity index is 1.84. The maximum absolute atomic E-state index is 12.7. The third kappa shape index (κ3) is 3.12. The molecule has 2 atom stereocenters. The van der Waals surface area contributed by atoms with E-state index in [1.54, 1.807) is 30.1 Å². The standard InChI is InChI=1S/C17H18N2O6/c1-10(21)25-14(9-20)15-17(23)19(5-6-24-15)12-3-4-13-11(7-12)8-18(2)16(13)22/h3-4,7,9,14-15H,5-6,8H2,1-2H3/t14?,15-/m1/s1. The molecule has 132 valence electrons. The molecule has 1 unspecified atom stereocenters. The zero-order chi connectivity index (χ0) is 18.1. The lowest BCUT2D eigenvalue weighted by atomic mass is 10.1. The molecule has 2 aliphatic heterocycles. The lowest BCUT2D eigenvalue weighted by Crippen LogP contribution is -2.54. The second kappa shape index (κ2) is 6.64. The average Bonchev–Trinajstić information content (AvgIpc) is 2.87. The summed E-state index contributed by atoms with van der Waals surface area (Å²) in [7, 11) is 1.71. The van der Waals surface area contributed by atoms with Crippen molar-refractivity contribution in [3.05, 3.63) is 29.3 Å². The van der Waals surface area contributed by atoms with Gasteiger partial charge in [0.2, 0.25) is 0 Å². The number of hydrogen-bond donors (Lipinski definition) is 0. The number of hydrogen-bond acceptors (Lipinski definition) is 6. The molecule has 25 heavy (non-hydrogen) atoms. The number of fused-ring (bicyclic) bond motifs is 1. The molecule has 1 aromatic rings. The molecule has 1 saturated heterocycles. The maximum atomic E-state index is 12.7. The van der Waals surface area contributed by atoms with Gasteiger partial charge in [-0.05, 0) is 23.8 Å². The van der Waals surface area contributed by atoms with Gasteiger partial charge in [-0.15, -0.1) is 0 Å². The van der Waals surface area contributed by atoms with E-state index in [2.05, 4.69) is 0 Å². The molecule has 8 heteroatoms. The van der Waals surface area contributed by atoms with Crippen molar-refractivity contribution >= 4 is 29.8 Å². The van der Waals surface area contributed by atoms with Gasteiger partial charge in [0.15, 0.2) is 18.5 Å². The summed E-state index contributed by atoms with van der Waals surface area (Å²) in [5, 5.41) is 0. The Morgan fingerprint density at radius 2 is 2.16 bits per heavy atom. The molecule has 2 amide bonds. The minimum atomic E-state index is -1.28. The Morgan fingerprint density at radius 1 is 1.40 bits per heavy atom. The van der Waals surface area contributed by atoms with Gasteiger partial charge in [0.05, 0.1) is 6.61 Å². The number of benzene rings is 1. The van der Waals surface area contributed by atoms with Crippen LogP contribution in [0.2, 0.25) is 0 Å². The summed E-state index contributed by atoms with van der Waals surface area (Å²) in [6.45, 7) is 2.16. The molecule has 1 aromatic carbocycles. The van der Waals surface area contributed by atoms with Crippen LogP contribution < -0.4 is 4.90 Å². The molecular weight excluding hydrogens is 328 g/mol. The molecule has 0 N–H and O–H groups in total. The van der Waals surface area contributed by atoms with Crippen molar-refractivity contribution in [1.82, 2.24) is 4.90 Å². The minimum Gasteiger partial charge on any atom is -0.451 e. The van der Waals surface area contributed by atoms with Gasteiger partial charge >= 0.3 is 5.97 Å². The van der Waals surface area contributed by atoms with Crippen molar-refractivity contribution in [2.75, 3.05) is 25.1 Å². The highest BCUT2D eigenvalue weighted by atomic mass is 16.6. The van der Waals surface area contributed by atoms with Crippen molar-refractivity contribution in [3.8, 4) is 0 Å². The van der Waals surface area contributed by atoms with Crippen molar-refractivity contribution < 1.29 is 28.7 Å². The van der Waals surface area contributed by atoms with Crippen molar-refractivity contribution in [2.45, 2.75) is 25.7 Å². The van der Waals surface area contributed by atoms with E-state index in [9.17, 15) is 19.2 Å². The van der Waals surface area contributed by atoms with Gasteiger partial charge in [0.25, 0.3) is 11.8 Å². The number of carbonyl (C=O) groups is 4. The maximum Gasteiger partial charge on any atom is 0.303 e. The number of morpholine rings is 1. The van der Waals surface area contributed by atoms with Crippen molar-refractivity contribution in [1.29, 1.82) is 0 Å². The molecule has 2 heterocycles. The van der Waals surface area contributed by atoms with Crippen LogP contribution in [0, 0.1) is 0 Å². The second-order valence-corrected chi connectivity index (χ2v) is 5.99. The lowest BCUT2D eigenvalue weighted by molar-refractivity contribution is -0.164. The van der Waals surface area contributed by atoms with Gasteiger partial charge in [-0.1, -0.05) is 0 Å². The number of nitrogens with zero attached hydrogens (tertiary/aromatic N) is 2. The normalized spacial score (nSPS) is 21.1. The van der Waals surface area contributed by atoms with Gasteiger partial charge < -0.3 is 19.3 Å². The van der Waals surface area contributed by atoms with E-state index in [1.165, 1.54) is 4.90 Å². The average molecular weight is 346 g/mol. The predicted octanol–water partition coefficient (Wildman–Crippen LogP) is 0.135. The quantitative estimate of drug-likeness (QED) is 0.568. The first-order chi connectivity index (χ1) is 11.9. The summed E-state index contributed by atoms with van der Waals surface area (Å²) < 4.78 is 10.2. The van der Waals surface area contributed by atoms with Gasteiger partial charge in [-0.2, -0.15) is 0 Å². The van der Waals surface area contributed by atoms with Gasteiger partial charge in [-0.25, -0.2) is 0 Å². The summed E-state index contributed by atoms with van der Waals surface area (Å²) in [5.74, 6) is -1.17. The van der Waals surface area contributed by atoms with E-state index in [4.69, 9.17) is 9.47 Å². The number of amides is 2. The molecule has 0 aromatic heterocycles. The van der Waals surface area contributed by atoms with Gasteiger partial charge in [-0.3, -0.25) is 19.2 Å². The third-order valence-corrected chi connectivity index (χ3v) is 4.24. The first-order valence-electron chi connectivity index (χ1n) is 7.86. The van der Waals surface area contributed by atoms with Crippen LogP contribution in [0.25, 0.3) is 0 Å². The Kier molecular flexibility index (Phi) is 4.54. The molecule has 3 rings (SSSR count). The second-order valence-electron chi connectivity index (χ2n) is 5.99. The van der Waals surface area contributed by atoms with E-state index in [0.29, 0.717) is 30.6 Å². The van der Waals surface area contributed by atoms with E-state index in [-0.39, 0.29) is 12.5 Å². The SMILES string of the molecule is CC(=O)OC(C=O)[C@H]1OCCN(c2ccc3c(c2)CN(C)C3=O)C1=O. The fraction of sp³-hybridized carbons (Fsp3) is 0.412. The number of rotatable bonds is 4. The van der Waals surface area contributed by atoms with Crippen molar-refractivity contribution in [2.24, 2.45) is 0 Å². The van der Waals surface area contributed by atoms with E-state index in [0.717, 1.165) is 12.5 Å². The summed E-state index contributed by atoms with van der Waals surface area (Å²) >= 11 is 0. The number of anilines is 1. The van der Waals surface area contributed by atoms with Crippen LogP contribution in [0.4, 0.5) is 5.69 Å². The molecule has 0 bridgehead atoms. The Labute approximate surface area is 144 Å². The highest BCUT2D eigenvalue weighted by Gasteiger charge is 2.39. The zero-order valence-electron chi connectivity index (χ0n) is 13.9. The van der Waals surface area contributed by atoms with E-state index >= 15 is 0 Å². The fourth-order valence-corrected chi connectivity index (χ4v) is 3.07. The first-order valence-corrected chi connectivity index (χ1v) is 7.86. The molecule has 0 radical (unpaired) electrons. The largest absolute Gasteiger partial charge is 0.451 e. The van der Waals surface area contributed by atoms with E-state index in [1.807, 2.05) is 0 Å². The van der Waals surface area contributed by atoms with Gasteiger partial charge in [0, 0.05) is 38.3 Å². The summed E-state index contributed by atoms with van der Waals surface area (Å²) in [4.78, 5) is 50.0. The topological polar surface area (TPSA) is 93.2 Å². The van der Waals surface area contributed by atoms with Crippen LogP contribution in [-0.2, 0) is 30.4 Å². The lowest BCUT2D eigenvalue weighted by Gasteiger charge is -2.34. The van der Waals surface area contributed by atoms with E-state index < -0.39 is 24.1 Å². The molecule has 0 aliphatic carbocycles. The summed E-state index contributed by atoms with van der Waals surface area (Å²) in [5.41, 5.74) is 2.08. The predicted molar refractivity (Wildman–Crippen MR) is 86.0 cm³/mol. The monoisotopic (exact) mass is 346 g/mol. The van der Waals surface area contributed by atoms with Crippen LogP contribution in [-0.4, -0.2) is 61.4 Å². The zero-order valence-corrected chi connectivity index (χ0v) is 13.9. The molecular formula is C17H18N2O6. The molecule has 2 aliphatic rings. The Hall–Kier alpha value is -2.74. The fourth-order valence-electron chi connectivity index (χ4n) is 3.07. The highest BCUT2D eigenvalue weighted by molar-refractivity contribution is 6.02. The Morgan fingerprint density at radius 3 is 2.84 bits per heavy atom. The Bertz CT molecular complexity index is 747. The van der Waals surface area contributed by atoms with Crippen LogP contribution in [0.15, 0.2) is 18.2 Å². The molecule has 0 saturated carbocycles. The number of esters is 1. The number of aldehydes is 1. The third-order valence-electron chi connectivity index (χ3n) is 4.24. The van der Waals surface area contributed by atoms with Crippen molar-refractivity contribution in [3.63, 3.8) is 0 Å². The molecule has 1 fully saturated rings. The molecule has 8 nitrogen and oxygen atoms in total. The van der Waals surface area contributed by atoms with Crippen LogP contribution in [0.3, 0.4) is 0 Å². The molecule has 0 spiro atoms. The van der Waals surface area contributed by atoms with Crippen LogP contribution >= 0.6 is 0 Å². The number of carbonyl (C=O) groups excluding carboxylic acids is 4. The first kappa shape index (κ1) is 17.1. The summed E-state index contributed by atoms with van der Waals surface area (Å²) in [6, 6.07) is 5.17. The highest BCUT2D eigenvalue weighted by Crippen LogP contribution is 2.28. The number of ether oxygens (including phenoxy) is 2. The van der Waals surface area contributed by atoms with Gasteiger partial charge in [0.1, 0.15) is 0 Å². The minimum absolute atomic E-state index is 0.0522.